The van der Waals surface area contributed by atoms with Crippen molar-refractivity contribution < 1.29 is 89.1 Å². The van der Waals surface area contributed by atoms with E-state index in [4.69, 9.17) is 23.7 Å². The highest BCUT2D eigenvalue weighted by Gasteiger charge is 2.60. The number of ether oxygens (including phenoxy) is 5. The summed E-state index contributed by atoms with van der Waals surface area (Å²) in [7, 11) is 0. The molecule has 0 aliphatic carbocycles. The lowest BCUT2D eigenvalue weighted by Gasteiger charge is -2.50. The van der Waals surface area contributed by atoms with E-state index in [1.807, 2.05) is 0 Å². The van der Waals surface area contributed by atoms with Gasteiger partial charge in [0.1, 0.15) is 61.0 Å². The van der Waals surface area contributed by atoms with Crippen molar-refractivity contribution in [3.63, 3.8) is 0 Å². The zero-order valence-electron chi connectivity index (χ0n) is 25.2. The van der Waals surface area contributed by atoms with Crippen LogP contribution in [0.2, 0.25) is 0 Å². The number of carbonyl (C=O) groups is 3. The van der Waals surface area contributed by atoms with Crippen LogP contribution < -0.4 is 10.6 Å². The molecule has 0 radical (unpaired) electrons. The maximum Gasteiger partial charge on any atom is 0.364 e. The maximum atomic E-state index is 12.6. The fourth-order valence-electron chi connectivity index (χ4n) is 5.82. The molecule has 3 rings (SSSR count). The van der Waals surface area contributed by atoms with Crippen LogP contribution in [0.15, 0.2) is 0 Å². The molecule has 5 unspecified atom stereocenters. The standard InChI is InChI=1S/C26H44N2O18/c1-8-15(27-9(2)32)19(38)21(14(7-31)42-8)44-24-20(39)23(18(37)13(6-30)43-24)46-26(25(40)41)4-11(34)16(28-10(3)33)22(45-26)17(36)12(35)5-29/h8,11-24,29-31,34-39H,4-7H2,1-3H3,(H,27,32)(H,28,33)(H,40,41)/t8-,11+,12+,13?,14?,15?,16+,17+,18-,19+,20?,21+,22?,23-,24-,26-/m0/s1. The number of aliphatic hydroxyl groups excluding tert-OH is 9. The first-order valence-corrected chi connectivity index (χ1v) is 14.5. The zero-order chi connectivity index (χ0) is 34.7. The van der Waals surface area contributed by atoms with Crippen molar-refractivity contribution >= 4 is 17.8 Å². The molecule has 266 valence electrons. The number of carboxylic acids is 1. The molecule has 3 aliphatic heterocycles. The van der Waals surface area contributed by atoms with Gasteiger partial charge in [-0.05, 0) is 6.92 Å². The minimum atomic E-state index is -3.00. The highest BCUT2D eigenvalue weighted by Crippen LogP contribution is 2.38. The number of hydrogen-bond donors (Lipinski definition) is 12. The monoisotopic (exact) mass is 672 g/mol. The average Bonchev–Trinajstić information content (AvgIpc) is 2.99. The minimum absolute atomic E-state index is 0.532. The molecule has 12 N–H and O–H groups in total. The van der Waals surface area contributed by atoms with Crippen molar-refractivity contribution in [1.29, 1.82) is 0 Å². The van der Waals surface area contributed by atoms with E-state index in [0.29, 0.717) is 0 Å². The Morgan fingerprint density at radius 1 is 0.870 bits per heavy atom. The van der Waals surface area contributed by atoms with E-state index < -0.39 is 141 Å². The van der Waals surface area contributed by atoms with Crippen LogP contribution in [0.25, 0.3) is 0 Å². The van der Waals surface area contributed by atoms with Gasteiger partial charge in [-0.2, -0.15) is 0 Å². The number of carboxylic acid groups (broad SMARTS) is 1. The summed E-state index contributed by atoms with van der Waals surface area (Å²) in [5, 5.41) is 109. The zero-order valence-corrected chi connectivity index (χ0v) is 25.2. The second-order valence-electron chi connectivity index (χ2n) is 11.5. The van der Waals surface area contributed by atoms with E-state index in [9.17, 15) is 65.4 Å². The fourth-order valence-corrected chi connectivity index (χ4v) is 5.82. The highest BCUT2D eigenvalue weighted by molar-refractivity contribution is 5.76. The van der Waals surface area contributed by atoms with Crippen molar-refractivity contribution in [3.05, 3.63) is 0 Å². The van der Waals surface area contributed by atoms with Crippen LogP contribution in [0.1, 0.15) is 27.2 Å². The summed E-state index contributed by atoms with van der Waals surface area (Å²) in [4.78, 5) is 36.1. The lowest BCUT2D eigenvalue weighted by Crippen LogP contribution is -2.71. The Hall–Kier alpha value is -2.15. The van der Waals surface area contributed by atoms with Crippen molar-refractivity contribution in [2.24, 2.45) is 0 Å². The molecular formula is C26H44N2O18. The van der Waals surface area contributed by atoms with Crippen LogP contribution in [0.5, 0.6) is 0 Å². The van der Waals surface area contributed by atoms with Crippen LogP contribution in [-0.2, 0) is 38.1 Å². The van der Waals surface area contributed by atoms with E-state index in [0.717, 1.165) is 6.92 Å². The van der Waals surface area contributed by atoms with Crippen molar-refractivity contribution in [2.45, 2.75) is 125 Å². The molecular weight excluding hydrogens is 628 g/mol. The number of hydrogen-bond acceptors (Lipinski definition) is 17. The summed E-state index contributed by atoms with van der Waals surface area (Å²) in [6, 6.07) is -2.59. The predicted molar refractivity (Wildman–Crippen MR) is 145 cm³/mol. The molecule has 3 fully saturated rings. The summed E-state index contributed by atoms with van der Waals surface area (Å²) >= 11 is 0. The molecule has 0 saturated carbocycles. The number of aliphatic hydroxyl groups is 9. The number of nitrogens with one attached hydrogen (secondary N) is 2. The Morgan fingerprint density at radius 3 is 1.98 bits per heavy atom. The van der Waals surface area contributed by atoms with Gasteiger partial charge in [0.05, 0.1) is 44.1 Å². The Labute approximate surface area is 262 Å². The molecule has 0 aromatic carbocycles. The fraction of sp³-hybridized carbons (Fsp3) is 0.885. The van der Waals surface area contributed by atoms with Crippen LogP contribution in [0, 0.1) is 0 Å². The Morgan fingerprint density at radius 2 is 1.46 bits per heavy atom. The molecule has 0 aromatic rings. The van der Waals surface area contributed by atoms with E-state index >= 15 is 0 Å². The number of carbonyl (C=O) groups excluding carboxylic acids is 2. The van der Waals surface area contributed by atoms with E-state index in [-0.39, 0.29) is 0 Å². The molecule has 46 heavy (non-hydrogen) atoms. The van der Waals surface area contributed by atoms with Crippen LogP contribution in [-0.4, -0.2) is 186 Å². The molecule has 16 atom stereocenters. The normalized spacial score (nSPS) is 42.9. The number of rotatable bonds is 12. The lowest BCUT2D eigenvalue weighted by molar-refractivity contribution is -0.379. The van der Waals surface area contributed by atoms with E-state index in [1.54, 1.807) is 0 Å². The molecule has 0 aromatic heterocycles. The largest absolute Gasteiger partial charge is 0.477 e. The number of aliphatic carboxylic acids is 1. The first-order chi connectivity index (χ1) is 21.5. The molecule has 3 heterocycles. The van der Waals surface area contributed by atoms with Gasteiger partial charge < -0.3 is 85.4 Å². The van der Waals surface area contributed by atoms with Crippen molar-refractivity contribution in [1.82, 2.24) is 10.6 Å². The first kappa shape index (κ1) is 38.3. The average molecular weight is 673 g/mol. The predicted octanol–water partition coefficient (Wildman–Crippen LogP) is -7.01. The summed E-state index contributed by atoms with van der Waals surface area (Å²) in [5.41, 5.74) is 0. The van der Waals surface area contributed by atoms with Gasteiger partial charge in [0, 0.05) is 20.3 Å². The van der Waals surface area contributed by atoms with Crippen molar-refractivity contribution in [2.75, 3.05) is 19.8 Å². The topological polar surface area (TPSA) is 324 Å². The summed E-state index contributed by atoms with van der Waals surface area (Å²) < 4.78 is 28.1. The molecule has 3 aliphatic rings. The summed E-state index contributed by atoms with van der Waals surface area (Å²) in [5.74, 6) is -6.22. The Kier molecular flexibility index (Phi) is 13.2. The second kappa shape index (κ2) is 15.8. The van der Waals surface area contributed by atoms with Gasteiger partial charge in [-0.15, -0.1) is 0 Å². The second-order valence-corrected chi connectivity index (χ2v) is 11.5. The highest BCUT2D eigenvalue weighted by atomic mass is 16.8. The molecule has 20 nitrogen and oxygen atoms in total. The van der Waals surface area contributed by atoms with Crippen molar-refractivity contribution in [3.8, 4) is 0 Å². The first-order valence-electron chi connectivity index (χ1n) is 14.5. The van der Waals surface area contributed by atoms with Crippen LogP contribution >= 0.6 is 0 Å². The maximum absolute atomic E-state index is 12.6. The third kappa shape index (κ3) is 8.10. The third-order valence-electron chi connectivity index (χ3n) is 8.14. The quantitative estimate of drug-likeness (QED) is 0.0916. The molecule has 3 saturated heterocycles. The van der Waals surface area contributed by atoms with Crippen LogP contribution in [0.4, 0.5) is 0 Å². The lowest BCUT2D eigenvalue weighted by atomic mass is 9.88. The molecule has 20 heteroatoms. The van der Waals surface area contributed by atoms with Gasteiger partial charge in [0.25, 0.3) is 5.79 Å². The van der Waals surface area contributed by atoms with E-state index in [2.05, 4.69) is 10.6 Å². The van der Waals surface area contributed by atoms with Gasteiger partial charge in [-0.25, -0.2) is 4.79 Å². The Bertz CT molecular complexity index is 1050. The Balaban J connectivity index is 1.95. The van der Waals surface area contributed by atoms with Crippen LogP contribution in [0.3, 0.4) is 0 Å². The molecule has 0 bridgehead atoms. The molecule has 0 spiro atoms. The summed E-state index contributed by atoms with van der Waals surface area (Å²) in [6.07, 6.45) is -23.7. The SMILES string of the molecule is CC(=O)NC1[C@H](C)OC(CO)[C@@H](O[C@@H]2OC(CO)[C@H](O)[C@H](O[C@]3(C(=O)O)C[C@@H](O)[C@@H](NC(C)=O)C([C@H](O)[C@H](O)CO)O3)C2O)[C@@H]1O. The minimum Gasteiger partial charge on any atom is -0.477 e. The van der Waals surface area contributed by atoms with Gasteiger partial charge in [-0.1, -0.05) is 0 Å². The smallest absolute Gasteiger partial charge is 0.364 e. The summed E-state index contributed by atoms with van der Waals surface area (Å²) in [6.45, 7) is 1.07. The van der Waals surface area contributed by atoms with Gasteiger partial charge in [0.2, 0.25) is 11.8 Å². The van der Waals surface area contributed by atoms with E-state index in [1.165, 1.54) is 13.8 Å². The third-order valence-corrected chi connectivity index (χ3v) is 8.14. The number of amides is 2. The van der Waals surface area contributed by atoms with Gasteiger partial charge >= 0.3 is 5.97 Å². The van der Waals surface area contributed by atoms with Gasteiger partial charge in [0.15, 0.2) is 6.29 Å². The van der Waals surface area contributed by atoms with Gasteiger partial charge in [-0.3, -0.25) is 9.59 Å². The molecule has 2 amide bonds.